The first-order valence-corrected chi connectivity index (χ1v) is 6.40. The van der Waals surface area contributed by atoms with Gasteiger partial charge in [-0.25, -0.2) is 0 Å². The van der Waals surface area contributed by atoms with Gasteiger partial charge in [0.25, 0.3) is 5.95 Å². The van der Waals surface area contributed by atoms with Gasteiger partial charge in [-0.15, -0.1) is 0 Å². The largest absolute Gasteiger partial charge is 0.494 e. The van der Waals surface area contributed by atoms with Gasteiger partial charge in [-0.05, 0) is 36.2 Å². The Bertz CT molecular complexity index is 506. The monoisotopic (exact) mass is 261 g/mol. The number of aryl methyl sites for hydroxylation is 2. The van der Waals surface area contributed by atoms with Gasteiger partial charge >= 0.3 is 0 Å². The van der Waals surface area contributed by atoms with Crippen molar-refractivity contribution in [2.45, 2.75) is 19.8 Å². The predicted molar refractivity (Wildman–Crippen MR) is 73.6 cm³/mol. The maximum absolute atomic E-state index is 5.41. The molecule has 0 saturated carbocycles. The number of rotatable bonds is 6. The molecule has 5 nitrogen and oxygen atoms in total. The van der Waals surface area contributed by atoms with E-state index in [2.05, 4.69) is 22.3 Å². The summed E-state index contributed by atoms with van der Waals surface area (Å²) < 4.78 is 10.6. The SMILES string of the molecule is CCOc1ccc(CCc2nc(N(C)C)no2)cc1. The van der Waals surface area contributed by atoms with Crippen molar-refractivity contribution in [3.63, 3.8) is 0 Å². The van der Waals surface area contributed by atoms with Crippen molar-refractivity contribution in [2.75, 3.05) is 25.6 Å². The molecule has 1 aromatic carbocycles. The molecule has 0 spiro atoms. The molecule has 0 radical (unpaired) electrons. The molecule has 0 saturated heterocycles. The highest BCUT2D eigenvalue weighted by molar-refractivity contribution is 5.28. The predicted octanol–water partition coefficient (Wildman–Crippen LogP) is 2.32. The van der Waals surface area contributed by atoms with E-state index in [-0.39, 0.29) is 0 Å². The van der Waals surface area contributed by atoms with Crippen LogP contribution in [0.25, 0.3) is 0 Å². The number of aromatic nitrogens is 2. The molecule has 0 fully saturated rings. The molecule has 0 N–H and O–H groups in total. The summed E-state index contributed by atoms with van der Waals surface area (Å²) in [5.41, 5.74) is 1.23. The van der Waals surface area contributed by atoms with E-state index in [0.717, 1.165) is 18.6 Å². The standard InChI is InChI=1S/C14H19N3O2/c1-4-18-12-8-5-11(6-9-12)7-10-13-15-14(16-19-13)17(2)3/h5-6,8-9H,4,7,10H2,1-3H3. The molecule has 2 rings (SSSR count). The van der Waals surface area contributed by atoms with Crippen molar-refractivity contribution in [1.29, 1.82) is 0 Å². The molecule has 19 heavy (non-hydrogen) atoms. The lowest BCUT2D eigenvalue weighted by molar-refractivity contribution is 0.340. The van der Waals surface area contributed by atoms with E-state index in [4.69, 9.17) is 9.26 Å². The number of hydrogen-bond acceptors (Lipinski definition) is 5. The van der Waals surface area contributed by atoms with Gasteiger partial charge in [0, 0.05) is 20.5 Å². The Morgan fingerprint density at radius 3 is 2.47 bits per heavy atom. The number of hydrogen-bond donors (Lipinski definition) is 0. The number of anilines is 1. The third kappa shape index (κ3) is 3.71. The molecule has 2 aromatic rings. The third-order valence-corrected chi connectivity index (χ3v) is 2.72. The molecular formula is C14H19N3O2. The molecule has 0 aliphatic heterocycles. The molecule has 1 aromatic heterocycles. The van der Waals surface area contributed by atoms with Crippen LogP contribution in [0.3, 0.4) is 0 Å². The summed E-state index contributed by atoms with van der Waals surface area (Å²) in [7, 11) is 3.78. The maximum Gasteiger partial charge on any atom is 0.265 e. The van der Waals surface area contributed by atoms with Crippen LogP contribution in [0, 0.1) is 0 Å². The summed E-state index contributed by atoms with van der Waals surface area (Å²) in [5.74, 6) is 2.18. The first-order chi connectivity index (χ1) is 9.19. The van der Waals surface area contributed by atoms with E-state index >= 15 is 0 Å². The molecule has 102 valence electrons. The van der Waals surface area contributed by atoms with E-state index in [1.54, 1.807) is 0 Å². The zero-order chi connectivity index (χ0) is 13.7. The van der Waals surface area contributed by atoms with Crippen molar-refractivity contribution >= 4 is 5.95 Å². The zero-order valence-electron chi connectivity index (χ0n) is 11.6. The van der Waals surface area contributed by atoms with E-state index in [1.807, 2.05) is 38.1 Å². The van der Waals surface area contributed by atoms with Gasteiger partial charge < -0.3 is 14.2 Å². The van der Waals surface area contributed by atoms with E-state index in [0.29, 0.717) is 18.4 Å². The summed E-state index contributed by atoms with van der Waals surface area (Å²) >= 11 is 0. The summed E-state index contributed by atoms with van der Waals surface area (Å²) in [4.78, 5) is 6.12. The summed E-state index contributed by atoms with van der Waals surface area (Å²) in [6.07, 6.45) is 1.62. The Balaban J connectivity index is 1.90. The maximum atomic E-state index is 5.41. The molecule has 5 heteroatoms. The van der Waals surface area contributed by atoms with Crippen LogP contribution < -0.4 is 9.64 Å². The second kappa shape index (κ2) is 6.22. The van der Waals surface area contributed by atoms with Crippen LogP contribution in [0.2, 0.25) is 0 Å². The lowest BCUT2D eigenvalue weighted by Gasteiger charge is -2.04. The third-order valence-electron chi connectivity index (χ3n) is 2.72. The second-order valence-electron chi connectivity index (χ2n) is 4.46. The molecule has 0 bridgehead atoms. The van der Waals surface area contributed by atoms with Crippen LogP contribution in [0.5, 0.6) is 5.75 Å². The molecule has 1 heterocycles. The van der Waals surface area contributed by atoms with Gasteiger partial charge in [0.2, 0.25) is 5.89 Å². The van der Waals surface area contributed by atoms with Gasteiger partial charge in [-0.2, -0.15) is 4.98 Å². The Morgan fingerprint density at radius 1 is 1.16 bits per heavy atom. The molecular weight excluding hydrogens is 242 g/mol. The highest BCUT2D eigenvalue weighted by atomic mass is 16.5. The molecule has 0 aliphatic carbocycles. The fraction of sp³-hybridized carbons (Fsp3) is 0.429. The summed E-state index contributed by atoms with van der Waals surface area (Å²) in [6, 6.07) is 8.10. The van der Waals surface area contributed by atoms with Crippen molar-refractivity contribution in [3.8, 4) is 5.75 Å². The van der Waals surface area contributed by atoms with Crippen LogP contribution in [-0.4, -0.2) is 30.8 Å². The van der Waals surface area contributed by atoms with Gasteiger partial charge in [-0.1, -0.05) is 12.1 Å². The second-order valence-corrected chi connectivity index (χ2v) is 4.46. The highest BCUT2D eigenvalue weighted by Crippen LogP contribution is 2.14. The normalized spacial score (nSPS) is 10.5. The lowest BCUT2D eigenvalue weighted by Crippen LogP contribution is -2.10. The van der Waals surface area contributed by atoms with Crippen LogP contribution in [0.15, 0.2) is 28.8 Å². The number of ether oxygens (including phenoxy) is 1. The van der Waals surface area contributed by atoms with Crippen molar-refractivity contribution in [1.82, 2.24) is 10.1 Å². The minimum atomic E-state index is 0.613. The average molecular weight is 261 g/mol. The number of nitrogens with zero attached hydrogens (tertiary/aromatic N) is 3. The fourth-order valence-corrected chi connectivity index (χ4v) is 1.70. The first kappa shape index (κ1) is 13.4. The zero-order valence-corrected chi connectivity index (χ0v) is 11.6. The van der Waals surface area contributed by atoms with Crippen LogP contribution in [-0.2, 0) is 12.8 Å². The van der Waals surface area contributed by atoms with E-state index < -0.39 is 0 Å². The quantitative estimate of drug-likeness (QED) is 0.798. The molecule has 0 aliphatic rings. The summed E-state index contributed by atoms with van der Waals surface area (Å²) in [6.45, 7) is 2.67. The minimum absolute atomic E-state index is 0.613. The minimum Gasteiger partial charge on any atom is -0.494 e. The van der Waals surface area contributed by atoms with Gasteiger partial charge in [0.05, 0.1) is 6.61 Å². The van der Waals surface area contributed by atoms with Gasteiger partial charge in [-0.3, -0.25) is 0 Å². The molecule has 0 atom stereocenters. The molecule has 0 amide bonds. The van der Waals surface area contributed by atoms with Gasteiger partial charge in [0.15, 0.2) is 0 Å². The Labute approximate surface area is 113 Å². The van der Waals surface area contributed by atoms with Crippen LogP contribution >= 0.6 is 0 Å². The van der Waals surface area contributed by atoms with Crippen LogP contribution in [0.4, 0.5) is 5.95 Å². The fourth-order valence-electron chi connectivity index (χ4n) is 1.70. The van der Waals surface area contributed by atoms with E-state index in [9.17, 15) is 0 Å². The van der Waals surface area contributed by atoms with Crippen molar-refractivity contribution in [2.24, 2.45) is 0 Å². The smallest absolute Gasteiger partial charge is 0.265 e. The van der Waals surface area contributed by atoms with Crippen LogP contribution in [0.1, 0.15) is 18.4 Å². The first-order valence-electron chi connectivity index (χ1n) is 6.40. The summed E-state index contributed by atoms with van der Waals surface area (Å²) in [5, 5.41) is 3.89. The number of benzene rings is 1. The van der Waals surface area contributed by atoms with Crippen molar-refractivity contribution < 1.29 is 9.26 Å². The van der Waals surface area contributed by atoms with Gasteiger partial charge in [0.1, 0.15) is 5.75 Å². The average Bonchev–Trinajstić information content (AvgIpc) is 2.87. The highest BCUT2D eigenvalue weighted by Gasteiger charge is 2.07. The Kier molecular flexibility index (Phi) is 4.39. The molecule has 0 unspecified atom stereocenters. The lowest BCUT2D eigenvalue weighted by atomic mass is 10.1. The van der Waals surface area contributed by atoms with E-state index in [1.165, 1.54) is 5.56 Å². The topological polar surface area (TPSA) is 51.4 Å². The van der Waals surface area contributed by atoms with Crippen molar-refractivity contribution in [3.05, 3.63) is 35.7 Å². The Morgan fingerprint density at radius 2 is 1.89 bits per heavy atom. The Hall–Kier alpha value is -2.04.